The molecule has 0 heterocycles. The molecule has 0 aliphatic carbocycles. The quantitative estimate of drug-likeness (QED) is 0.460. The Morgan fingerprint density at radius 2 is 2.20 bits per heavy atom. The monoisotopic (exact) mass is 137 g/mol. The maximum atomic E-state index is 10.5. The van der Waals surface area contributed by atoms with Crippen LogP contribution >= 0.6 is 0 Å². The number of hydrogen-bond donors (Lipinski definition) is 1. The fourth-order valence-electron chi connectivity index (χ4n) is 0.451. The van der Waals surface area contributed by atoms with Crippen molar-refractivity contribution in [2.24, 2.45) is 5.73 Å². The summed E-state index contributed by atoms with van der Waals surface area (Å²) in [5, 5.41) is 0. The normalized spacial score (nSPS) is 11.9. The number of carbonyl (C=O) groups is 1. The second kappa shape index (κ2) is 4.56. The van der Waals surface area contributed by atoms with Gasteiger partial charge >= 0.3 is 0 Å². The number of nitrogens with two attached hydrogens (primary N) is 1. The summed E-state index contributed by atoms with van der Waals surface area (Å²) in [7, 11) is 0. The van der Waals surface area contributed by atoms with E-state index in [9.17, 15) is 4.79 Å². The van der Waals surface area contributed by atoms with E-state index in [2.05, 4.69) is 6.58 Å². The first-order chi connectivity index (χ1) is 4.72. The van der Waals surface area contributed by atoms with Gasteiger partial charge in [0.25, 0.3) is 0 Å². The zero-order chi connectivity index (χ0) is 7.98. The van der Waals surface area contributed by atoms with Crippen LogP contribution in [0.4, 0.5) is 0 Å². The van der Waals surface area contributed by atoms with Gasteiger partial charge in [-0.3, -0.25) is 4.79 Å². The third-order valence-electron chi connectivity index (χ3n) is 0.973. The molecule has 10 heavy (non-hydrogen) atoms. The molecule has 2 N–H and O–H groups in total. The molecule has 2 nitrogen and oxygen atoms in total. The Balaban J connectivity index is 4.33. The van der Waals surface area contributed by atoms with Gasteiger partial charge in [-0.25, -0.2) is 0 Å². The fourth-order valence-corrected chi connectivity index (χ4v) is 0.451. The molecular weight excluding hydrogens is 126 g/mol. The number of hydrogen-bond acceptors (Lipinski definition) is 1. The molecule has 0 rings (SSSR count). The molecule has 0 aromatic carbocycles. The van der Waals surface area contributed by atoms with Gasteiger partial charge in [-0.15, -0.1) is 0 Å². The van der Waals surface area contributed by atoms with E-state index >= 15 is 0 Å². The van der Waals surface area contributed by atoms with Crippen LogP contribution in [0, 0.1) is 0 Å². The lowest BCUT2D eigenvalue weighted by Crippen LogP contribution is -2.11. The van der Waals surface area contributed by atoms with E-state index < -0.39 is 5.91 Å². The number of rotatable bonds is 3. The van der Waals surface area contributed by atoms with Crippen molar-refractivity contribution in [3.8, 4) is 0 Å². The molecule has 0 aromatic rings. The first kappa shape index (κ1) is 8.69. The molecule has 0 aromatic heterocycles. The Morgan fingerprint density at radius 1 is 1.60 bits per heavy atom. The summed E-state index contributed by atoms with van der Waals surface area (Å²) < 4.78 is 0. The molecular formula is C8H11NO. The van der Waals surface area contributed by atoms with E-state index in [-0.39, 0.29) is 0 Å². The van der Waals surface area contributed by atoms with Crippen molar-refractivity contribution in [3.63, 3.8) is 0 Å². The van der Waals surface area contributed by atoms with Gasteiger partial charge in [0, 0.05) is 5.57 Å². The molecule has 1 amide bonds. The number of carbonyl (C=O) groups excluding carboxylic acids is 1. The maximum absolute atomic E-state index is 10.5. The van der Waals surface area contributed by atoms with E-state index in [1.165, 1.54) is 6.08 Å². The molecule has 0 bridgehead atoms. The third kappa shape index (κ3) is 2.87. The van der Waals surface area contributed by atoms with E-state index in [1.54, 1.807) is 12.2 Å². The molecule has 0 radical (unpaired) electrons. The van der Waals surface area contributed by atoms with Crippen molar-refractivity contribution in [1.29, 1.82) is 0 Å². The predicted molar refractivity (Wildman–Crippen MR) is 42.3 cm³/mol. The van der Waals surface area contributed by atoms with Gasteiger partial charge in [0.15, 0.2) is 0 Å². The van der Waals surface area contributed by atoms with Gasteiger partial charge in [-0.05, 0) is 13.0 Å². The molecule has 54 valence electrons. The lowest BCUT2D eigenvalue weighted by molar-refractivity contribution is -0.114. The zero-order valence-electron chi connectivity index (χ0n) is 6.00. The van der Waals surface area contributed by atoms with Gasteiger partial charge in [0.05, 0.1) is 0 Å². The van der Waals surface area contributed by atoms with Crippen molar-refractivity contribution in [2.45, 2.75) is 6.92 Å². The largest absolute Gasteiger partial charge is 0.366 e. The summed E-state index contributed by atoms with van der Waals surface area (Å²) in [6.45, 7) is 5.29. The molecule has 0 saturated heterocycles. The van der Waals surface area contributed by atoms with Crippen LogP contribution in [0.1, 0.15) is 6.92 Å². The van der Waals surface area contributed by atoms with E-state index in [4.69, 9.17) is 5.73 Å². The molecule has 2 heteroatoms. The van der Waals surface area contributed by atoms with Gasteiger partial charge in [0.2, 0.25) is 5.91 Å². The number of primary amides is 1. The minimum absolute atomic E-state index is 0.429. The minimum atomic E-state index is -0.451. The SMILES string of the molecule is C=C/C(=C\C=C\C)C(N)=O. The van der Waals surface area contributed by atoms with Crippen LogP contribution in [0.25, 0.3) is 0 Å². The average Bonchev–Trinajstić information content (AvgIpc) is 1.89. The molecule has 0 atom stereocenters. The lowest BCUT2D eigenvalue weighted by atomic mass is 10.2. The highest BCUT2D eigenvalue weighted by atomic mass is 16.1. The minimum Gasteiger partial charge on any atom is -0.366 e. The average molecular weight is 137 g/mol. The van der Waals surface area contributed by atoms with Crippen molar-refractivity contribution in [2.75, 3.05) is 0 Å². The molecule has 0 fully saturated rings. The van der Waals surface area contributed by atoms with E-state index in [0.717, 1.165) is 0 Å². The van der Waals surface area contributed by atoms with Gasteiger partial charge < -0.3 is 5.73 Å². The van der Waals surface area contributed by atoms with Crippen LogP contribution in [0.2, 0.25) is 0 Å². The van der Waals surface area contributed by atoms with Crippen molar-refractivity contribution < 1.29 is 4.79 Å². The highest BCUT2D eigenvalue weighted by molar-refractivity contribution is 5.94. The predicted octanol–water partition coefficient (Wildman–Crippen LogP) is 1.16. The van der Waals surface area contributed by atoms with Crippen LogP contribution in [0.5, 0.6) is 0 Å². The molecule has 0 spiro atoms. The standard InChI is InChI=1S/C8H11NO/c1-3-5-6-7(4-2)8(9)10/h3-6H,2H2,1H3,(H2,9,10)/b5-3+,7-6+. The number of amides is 1. The Bertz CT molecular complexity index is 189. The van der Waals surface area contributed by atoms with Gasteiger partial charge in [-0.1, -0.05) is 24.8 Å². The third-order valence-corrected chi connectivity index (χ3v) is 0.973. The van der Waals surface area contributed by atoms with Crippen molar-refractivity contribution in [1.82, 2.24) is 0 Å². The fraction of sp³-hybridized carbons (Fsp3) is 0.125. The van der Waals surface area contributed by atoms with E-state index in [0.29, 0.717) is 5.57 Å². The Labute approximate surface area is 60.7 Å². The molecule has 0 aliphatic heterocycles. The Hall–Kier alpha value is -1.31. The smallest absolute Gasteiger partial charge is 0.248 e. The molecule has 0 saturated carbocycles. The van der Waals surface area contributed by atoms with Crippen LogP contribution in [0.15, 0.2) is 36.5 Å². The number of allylic oxidation sites excluding steroid dienone is 3. The highest BCUT2D eigenvalue weighted by Crippen LogP contribution is 1.93. The summed E-state index contributed by atoms with van der Waals surface area (Å²) in [5.41, 5.74) is 5.40. The topological polar surface area (TPSA) is 43.1 Å². The van der Waals surface area contributed by atoms with Crippen LogP contribution in [-0.2, 0) is 4.79 Å². The summed E-state index contributed by atoms with van der Waals surface area (Å²) in [4.78, 5) is 10.5. The lowest BCUT2D eigenvalue weighted by Gasteiger charge is -1.89. The second-order valence-corrected chi connectivity index (χ2v) is 1.72. The summed E-state index contributed by atoms with van der Waals surface area (Å²) in [6, 6.07) is 0. The highest BCUT2D eigenvalue weighted by Gasteiger charge is 1.94. The first-order valence-corrected chi connectivity index (χ1v) is 2.97. The van der Waals surface area contributed by atoms with Gasteiger partial charge in [0.1, 0.15) is 0 Å². The summed E-state index contributed by atoms with van der Waals surface area (Å²) in [5.74, 6) is -0.451. The van der Waals surface area contributed by atoms with Crippen LogP contribution in [-0.4, -0.2) is 5.91 Å². The van der Waals surface area contributed by atoms with Crippen LogP contribution in [0.3, 0.4) is 0 Å². The van der Waals surface area contributed by atoms with Crippen molar-refractivity contribution in [3.05, 3.63) is 36.5 Å². The summed E-state index contributed by atoms with van der Waals surface area (Å²) in [6.07, 6.45) is 6.60. The first-order valence-electron chi connectivity index (χ1n) is 2.97. The summed E-state index contributed by atoms with van der Waals surface area (Å²) >= 11 is 0. The molecule has 0 aliphatic rings. The Kier molecular flexibility index (Phi) is 3.96. The Morgan fingerprint density at radius 3 is 2.50 bits per heavy atom. The molecule has 0 unspecified atom stereocenters. The maximum Gasteiger partial charge on any atom is 0.248 e. The van der Waals surface area contributed by atoms with E-state index in [1.807, 2.05) is 13.0 Å². The van der Waals surface area contributed by atoms with Crippen LogP contribution < -0.4 is 5.73 Å². The van der Waals surface area contributed by atoms with Gasteiger partial charge in [-0.2, -0.15) is 0 Å². The zero-order valence-corrected chi connectivity index (χ0v) is 6.00. The second-order valence-electron chi connectivity index (χ2n) is 1.72. The van der Waals surface area contributed by atoms with Crippen molar-refractivity contribution >= 4 is 5.91 Å².